The fourth-order valence-electron chi connectivity index (χ4n) is 1.10. The van der Waals surface area contributed by atoms with Gasteiger partial charge in [-0.25, -0.2) is 0 Å². The Morgan fingerprint density at radius 3 is 2.45 bits per heavy atom. The molecule has 0 aliphatic rings. The molecule has 0 saturated carbocycles. The largest absolute Gasteiger partial charge is 0.330 e. The van der Waals surface area contributed by atoms with Crippen molar-refractivity contribution < 1.29 is 0 Å². The predicted molar refractivity (Wildman–Crippen MR) is 51.4 cm³/mol. The van der Waals surface area contributed by atoms with Gasteiger partial charge >= 0.3 is 0 Å². The smallest absolute Gasteiger partial charge is 0.00773 e. The molecule has 0 aromatic rings. The highest BCUT2D eigenvalue weighted by molar-refractivity contribution is 4.84. The summed E-state index contributed by atoms with van der Waals surface area (Å²) in [6.45, 7) is 8.29. The summed E-state index contributed by atoms with van der Waals surface area (Å²) in [6.07, 6.45) is 8.55. The maximum Gasteiger partial charge on any atom is -0.00773 e. The van der Waals surface area contributed by atoms with E-state index in [9.17, 15) is 0 Å². The van der Waals surface area contributed by atoms with Gasteiger partial charge in [0.2, 0.25) is 0 Å². The Labute approximate surface area is 70.0 Å². The molecular weight excluding hydrogens is 134 g/mol. The maximum absolute atomic E-state index is 5.38. The predicted octanol–water partition coefficient (Wildman–Crippen LogP) is 2.49. The summed E-state index contributed by atoms with van der Waals surface area (Å²) in [5.41, 5.74) is 5.38. The molecule has 2 N–H and O–H groups in total. The Balaban J connectivity index is 3.35. The van der Waals surface area contributed by atoms with E-state index < -0.39 is 0 Å². The van der Waals surface area contributed by atoms with Crippen molar-refractivity contribution in [2.24, 2.45) is 11.7 Å². The highest BCUT2D eigenvalue weighted by Crippen LogP contribution is 2.13. The van der Waals surface area contributed by atoms with Crippen LogP contribution in [-0.2, 0) is 0 Å². The molecular formula is C10H19N. The third-order valence-electron chi connectivity index (χ3n) is 1.83. The number of unbranched alkanes of at least 4 members (excludes halogenated alkanes) is 1. The van der Waals surface area contributed by atoms with E-state index in [2.05, 4.69) is 13.2 Å². The molecule has 0 aliphatic heterocycles. The highest BCUT2D eigenvalue weighted by atomic mass is 14.5. The van der Waals surface area contributed by atoms with E-state index in [1.54, 1.807) is 0 Å². The minimum Gasteiger partial charge on any atom is -0.330 e. The van der Waals surface area contributed by atoms with Crippen LogP contribution in [0.15, 0.2) is 25.3 Å². The average molecular weight is 153 g/mol. The van der Waals surface area contributed by atoms with Crippen LogP contribution in [0.2, 0.25) is 0 Å². The molecule has 11 heavy (non-hydrogen) atoms. The summed E-state index contributed by atoms with van der Waals surface area (Å²) >= 11 is 0. The van der Waals surface area contributed by atoms with Crippen LogP contribution >= 0.6 is 0 Å². The maximum atomic E-state index is 5.38. The summed E-state index contributed by atoms with van der Waals surface area (Å²) in [7, 11) is 0. The van der Waals surface area contributed by atoms with Crippen molar-refractivity contribution in [2.45, 2.75) is 25.7 Å². The molecule has 0 aliphatic carbocycles. The first-order valence-corrected chi connectivity index (χ1v) is 4.28. The van der Waals surface area contributed by atoms with E-state index in [1.165, 1.54) is 12.8 Å². The number of hydrogen-bond acceptors (Lipinski definition) is 1. The lowest BCUT2D eigenvalue weighted by Crippen LogP contribution is -2.00. The lowest BCUT2D eigenvalue weighted by Gasteiger charge is -2.07. The quantitative estimate of drug-likeness (QED) is 0.441. The molecule has 1 atom stereocenters. The van der Waals surface area contributed by atoms with Crippen molar-refractivity contribution in [1.82, 2.24) is 0 Å². The highest BCUT2D eigenvalue weighted by Gasteiger charge is 1.99. The average Bonchev–Trinajstić information content (AvgIpc) is 2.03. The topological polar surface area (TPSA) is 26.0 Å². The molecule has 0 heterocycles. The third kappa shape index (κ3) is 5.86. The summed E-state index contributed by atoms with van der Waals surface area (Å²) in [4.78, 5) is 0. The second-order valence-corrected chi connectivity index (χ2v) is 2.80. The van der Waals surface area contributed by atoms with E-state index in [4.69, 9.17) is 5.73 Å². The van der Waals surface area contributed by atoms with E-state index >= 15 is 0 Å². The lowest BCUT2D eigenvalue weighted by atomic mass is 9.99. The van der Waals surface area contributed by atoms with Crippen LogP contribution in [0.5, 0.6) is 0 Å². The minimum absolute atomic E-state index is 0.610. The van der Waals surface area contributed by atoms with Gasteiger partial charge in [0.15, 0.2) is 0 Å². The second kappa shape index (κ2) is 7.55. The molecule has 1 heteroatoms. The molecule has 0 aromatic heterocycles. The van der Waals surface area contributed by atoms with Gasteiger partial charge in [0.05, 0.1) is 0 Å². The lowest BCUT2D eigenvalue weighted by molar-refractivity contribution is 0.553. The van der Waals surface area contributed by atoms with E-state index in [1.807, 2.05) is 12.2 Å². The Kier molecular flexibility index (Phi) is 7.16. The molecule has 1 nitrogen and oxygen atoms in total. The molecule has 1 unspecified atom stereocenters. The van der Waals surface area contributed by atoms with Crippen LogP contribution in [0.3, 0.4) is 0 Å². The Bertz CT molecular complexity index is 107. The summed E-state index contributed by atoms with van der Waals surface area (Å²) in [6, 6.07) is 0. The molecule has 0 aromatic carbocycles. The van der Waals surface area contributed by atoms with Crippen LogP contribution in [0, 0.1) is 5.92 Å². The van der Waals surface area contributed by atoms with Gasteiger partial charge in [0, 0.05) is 0 Å². The minimum atomic E-state index is 0.610. The molecule has 0 rings (SSSR count). The zero-order chi connectivity index (χ0) is 8.53. The first-order chi connectivity index (χ1) is 5.35. The van der Waals surface area contributed by atoms with Crippen LogP contribution in [0.1, 0.15) is 25.7 Å². The number of hydrogen-bond donors (Lipinski definition) is 1. The first-order valence-electron chi connectivity index (χ1n) is 4.28. The van der Waals surface area contributed by atoms with Crippen molar-refractivity contribution in [3.8, 4) is 0 Å². The van der Waals surface area contributed by atoms with Gasteiger partial charge in [-0.1, -0.05) is 18.6 Å². The molecule has 0 bridgehead atoms. The molecule has 0 radical (unpaired) electrons. The Hall–Kier alpha value is -0.560. The van der Waals surface area contributed by atoms with E-state index in [0.717, 1.165) is 19.4 Å². The van der Waals surface area contributed by atoms with Gasteiger partial charge in [-0.2, -0.15) is 0 Å². The van der Waals surface area contributed by atoms with Gasteiger partial charge in [-0.3, -0.25) is 0 Å². The monoisotopic (exact) mass is 153 g/mol. The van der Waals surface area contributed by atoms with Crippen molar-refractivity contribution >= 4 is 0 Å². The van der Waals surface area contributed by atoms with Crippen LogP contribution in [-0.4, -0.2) is 6.54 Å². The van der Waals surface area contributed by atoms with Gasteiger partial charge in [0.1, 0.15) is 0 Å². The van der Waals surface area contributed by atoms with Gasteiger partial charge < -0.3 is 5.73 Å². The fourth-order valence-corrected chi connectivity index (χ4v) is 1.10. The summed E-state index contributed by atoms with van der Waals surface area (Å²) in [5.74, 6) is 0.610. The SMILES string of the molecule is C=CCC(C=C)CCCCN. The molecule has 0 saturated heterocycles. The van der Waals surface area contributed by atoms with Crippen molar-refractivity contribution in [3.05, 3.63) is 25.3 Å². The van der Waals surface area contributed by atoms with Crippen LogP contribution in [0.25, 0.3) is 0 Å². The molecule has 0 fully saturated rings. The summed E-state index contributed by atoms with van der Waals surface area (Å²) < 4.78 is 0. The van der Waals surface area contributed by atoms with Gasteiger partial charge in [0.25, 0.3) is 0 Å². The standard InChI is InChI=1S/C10H19N/c1-3-7-10(4-2)8-5-6-9-11/h3-4,10H,1-2,5-9,11H2. The zero-order valence-electron chi connectivity index (χ0n) is 7.26. The number of rotatable bonds is 7. The van der Waals surface area contributed by atoms with Crippen molar-refractivity contribution in [2.75, 3.05) is 6.54 Å². The summed E-state index contributed by atoms with van der Waals surface area (Å²) in [5, 5.41) is 0. The van der Waals surface area contributed by atoms with E-state index in [0.29, 0.717) is 5.92 Å². The molecule has 0 amide bonds. The number of allylic oxidation sites excluding steroid dienone is 2. The van der Waals surface area contributed by atoms with Crippen molar-refractivity contribution in [1.29, 1.82) is 0 Å². The molecule has 0 spiro atoms. The number of nitrogens with two attached hydrogens (primary N) is 1. The van der Waals surface area contributed by atoms with Crippen LogP contribution in [0.4, 0.5) is 0 Å². The Morgan fingerprint density at radius 2 is 2.00 bits per heavy atom. The normalized spacial score (nSPS) is 12.5. The first kappa shape index (κ1) is 10.4. The van der Waals surface area contributed by atoms with Gasteiger partial charge in [-0.05, 0) is 31.7 Å². The zero-order valence-corrected chi connectivity index (χ0v) is 7.26. The fraction of sp³-hybridized carbons (Fsp3) is 0.600. The molecule has 64 valence electrons. The third-order valence-corrected chi connectivity index (χ3v) is 1.83. The van der Waals surface area contributed by atoms with Crippen molar-refractivity contribution in [3.63, 3.8) is 0 Å². The van der Waals surface area contributed by atoms with Gasteiger partial charge in [-0.15, -0.1) is 13.2 Å². The van der Waals surface area contributed by atoms with Crippen LogP contribution < -0.4 is 5.73 Å². The van der Waals surface area contributed by atoms with E-state index in [-0.39, 0.29) is 0 Å². The Morgan fingerprint density at radius 1 is 1.27 bits per heavy atom. The second-order valence-electron chi connectivity index (χ2n) is 2.80.